The number of carbonyl (C=O) groups is 1. The first-order valence-electron chi connectivity index (χ1n) is 8.01. The van der Waals surface area contributed by atoms with Crippen LogP contribution in [0.2, 0.25) is 0 Å². The molecule has 3 aromatic rings. The van der Waals surface area contributed by atoms with Gasteiger partial charge in [-0.3, -0.25) is 4.79 Å². The maximum Gasteiger partial charge on any atom is 0.271 e. The van der Waals surface area contributed by atoms with Gasteiger partial charge in [0.05, 0.1) is 15.7 Å². The Morgan fingerprint density at radius 1 is 1.28 bits per heavy atom. The monoisotopic (exact) mass is 355 g/mol. The van der Waals surface area contributed by atoms with Crippen LogP contribution in [0.15, 0.2) is 53.6 Å². The fraction of sp³-hybridized carbons (Fsp3) is 0.222. The highest BCUT2D eigenvalue weighted by Gasteiger charge is 2.25. The molecular formula is C18H17N3O3S. The number of fused-ring (bicyclic) bond motifs is 1. The number of benzene rings is 1. The standard InChI is InChI=1S/C18H17N3O3S/c1-25(23,24)14-8-4-12(5-9-14)15-11-16(18(22)19-13-6-7-13)20-21-10-2-3-17(15)21/h2-5,8-11,13H,6-7H2,1H3,(H-,19,22,23,24). The highest BCUT2D eigenvalue weighted by molar-refractivity contribution is 7.97. The molecule has 128 valence electrons. The van der Waals surface area contributed by atoms with Gasteiger partial charge in [-0.2, -0.15) is 5.10 Å². The average Bonchev–Trinajstić information content (AvgIpc) is 3.26. The van der Waals surface area contributed by atoms with Crippen molar-refractivity contribution in [1.29, 1.82) is 0 Å². The predicted octanol–water partition coefficient (Wildman–Crippen LogP) is 2.51. The number of amides is 1. The van der Waals surface area contributed by atoms with Crippen LogP contribution in [0.3, 0.4) is 0 Å². The van der Waals surface area contributed by atoms with Crippen molar-refractivity contribution in [2.75, 3.05) is 6.26 Å². The van der Waals surface area contributed by atoms with E-state index in [4.69, 9.17) is 0 Å². The van der Waals surface area contributed by atoms with Crippen molar-refractivity contribution in [3.63, 3.8) is 0 Å². The third kappa shape index (κ3) is 3.20. The van der Waals surface area contributed by atoms with Crippen molar-refractivity contribution < 1.29 is 13.6 Å². The summed E-state index contributed by atoms with van der Waals surface area (Å²) < 4.78 is 24.9. The van der Waals surface area contributed by atoms with Crippen LogP contribution in [0.4, 0.5) is 0 Å². The Bertz CT molecular complexity index is 1000. The van der Waals surface area contributed by atoms with Crippen LogP contribution in [0.5, 0.6) is 0 Å². The molecule has 1 N–H and O–H groups in total. The molecule has 6 nitrogen and oxygen atoms in total. The van der Waals surface area contributed by atoms with Gasteiger partial charge in [-0.05, 0) is 60.9 Å². The summed E-state index contributed by atoms with van der Waals surface area (Å²) in [6.07, 6.45) is 4.99. The minimum atomic E-state index is -3.24. The van der Waals surface area contributed by atoms with Gasteiger partial charge in [0.1, 0.15) is 11.9 Å². The van der Waals surface area contributed by atoms with Gasteiger partial charge in [0.25, 0.3) is 5.91 Å². The third-order valence-electron chi connectivity index (χ3n) is 4.24. The predicted molar refractivity (Wildman–Crippen MR) is 94.1 cm³/mol. The van der Waals surface area contributed by atoms with Crippen LogP contribution >= 0.6 is 0 Å². The molecule has 0 aliphatic heterocycles. The van der Waals surface area contributed by atoms with Crippen LogP contribution in [-0.4, -0.2) is 32.4 Å². The number of rotatable bonds is 4. The molecule has 1 atom stereocenters. The van der Waals surface area contributed by atoms with Gasteiger partial charge in [-0.15, -0.1) is 4.21 Å². The molecular weight excluding hydrogens is 338 g/mol. The maximum absolute atomic E-state index is 12.4. The Labute approximate surface area is 146 Å². The number of nitrogens with one attached hydrogen (secondary N) is 1. The quantitative estimate of drug-likeness (QED) is 0.729. The van der Waals surface area contributed by atoms with Gasteiger partial charge in [-0.25, -0.2) is 4.52 Å². The largest absolute Gasteiger partial charge is 0.610 e. The Kier molecular flexibility index (Phi) is 3.70. The lowest BCUT2D eigenvalue weighted by Gasteiger charge is -2.11. The molecule has 0 saturated heterocycles. The summed E-state index contributed by atoms with van der Waals surface area (Å²) in [6.45, 7) is 0. The molecule has 1 amide bonds. The van der Waals surface area contributed by atoms with Crippen LogP contribution in [0.1, 0.15) is 23.3 Å². The van der Waals surface area contributed by atoms with Crippen LogP contribution in [0.25, 0.3) is 16.6 Å². The van der Waals surface area contributed by atoms with E-state index < -0.39 is 10.2 Å². The molecule has 7 heteroatoms. The third-order valence-corrected chi connectivity index (χ3v) is 5.37. The van der Waals surface area contributed by atoms with Crippen LogP contribution < -0.4 is 5.32 Å². The zero-order valence-electron chi connectivity index (χ0n) is 13.6. The van der Waals surface area contributed by atoms with Crippen molar-refractivity contribution in [3.05, 3.63) is 54.4 Å². The van der Waals surface area contributed by atoms with Gasteiger partial charge < -0.3 is 9.87 Å². The molecule has 1 unspecified atom stereocenters. The van der Waals surface area contributed by atoms with E-state index in [0.717, 1.165) is 29.5 Å². The molecule has 1 aromatic carbocycles. The summed E-state index contributed by atoms with van der Waals surface area (Å²) in [6, 6.07) is 12.4. The van der Waals surface area contributed by atoms with E-state index in [1.807, 2.05) is 12.1 Å². The topological polar surface area (TPSA) is 86.5 Å². The minimum Gasteiger partial charge on any atom is -0.610 e. The first-order chi connectivity index (χ1) is 11.9. The molecule has 4 rings (SSSR count). The second-order valence-corrected chi connectivity index (χ2v) is 8.34. The lowest BCUT2D eigenvalue weighted by atomic mass is 10.1. The van der Waals surface area contributed by atoms with E-state index in [1.54, 1.807) is 41.0 Å². The van der Waals surface area contributed by atoms with E-state index in [1.165, 1.54) is 6.26 Å². The molecule has 0 bridgehead atoms. The molecule has 2 heterocycles. The highest BCUT2D eigenvalue weighted by atomic mass is 32.3. The summed E-state index contributed by atoms with van der Waals surface area (Å²) in [5, 5.41) is 7.31. The maximum atomic E-state index is 12.4. The molecule has 1 fully saturated rings. The molecule has 0 radical (unpaired) electrons. The summed E-state index contributed by atoms with van der Waals surface area (Å²) >= 11 is 0. The Hall–Kier alpha value is -2.51. The fourth-order valence-electron chi connectivity index (χ4n) is 2.74. The molecule has 0 spiro atoms. The van der Waals surface area contributed by atoms with Crippen molar-refractivity contribution in [2.24, 2.45) is 0 Å². The van der Waals surface area contributed by atoms with E-state index >= 15 is 0 Å². The molecule has 2 aromatic heterocycles. The van der Waals surface area contributed by atoms with Crippen molar-refractivity contribution in [2.45, 2.75) is 23.8 Å². The van der Waals surface area contributed by atoms with E-state index in [2.05, 4.69) is 10.4 Å². The van der Waals surface area contributed by atoms with Crippen molar-refractivity contribution >= 4 is 21.6 Å². The Morgan fingerprint density at radius 3 is 2.64 bits per heavy atom. The highest BCUT2D eigenvalue weighted by Crippen LogP contribution is 2.28. The second-order valence-electron chi connectivity index (χ2n) is 6.33. The summed E-state index contributed by atoms with van der Waals surface area (Å²) in [5.74, 6) is -0.188. The number of sulfone groups is 1. The van der Waals surface area contributed by atoms with Crippen LogP contribution in [0, 0.1) is 0 Å². The van der Waals surface area contributed by atoms with E-state index in [-0.39, 0.29) is 16.8 Å². The van der Waals surface area contributed by atoms with E-state index in [9.17, 15) is 13.6 Å². The molecule has 1 saturated carbocycles. The molecule has 1 aliphatic carbocycles. The average molecular weight is 355 g/mol. The normalized spacial score (nSPS) is 16.6. The zero-order valence-corrected chi connectivity index (χ0v) is 14.5. The smallest absolute Gasteiger partial charge is 0.271 e. The van der Waals surface area contributed by atoms with Crippen LogP contribution in [-0.2, 0) is 14.4 Å². The lowest BCUT2D eigenvalue weighted by molar-refractivity contribution is 0.0945. The summed E-state index contributed by atoms with van der Waals surface area (Å²) in [7, 11) is -3.24. The number of carbonyl (C=O) groups excluding carboxylic acids is 1. The van der Waals surface area contributed by atoms with Gasteiger partial charge in [0.15, 0.2) is 4.90 Å². The summed E-state index contributed by atoms with van der Waals surface area (Å²) in [5.41, 5.74) is 2.87. The first kappa shape index (κ1) is 16.0. The molecule has 25 heavy (non-hydrogen) atoms. The van der Waals surface area contributed by atoms with Gasteiger partial charge in [-0.1, -0.05) is 0 Å². The Balaban J connectivity index is 1.78. The Morgan fingerprint density at radius 2 is 2.00 bits per heavy atom. The van der Waals surface area contributed by atoms with Crippen molar-refractivity contribution in [1.82, 2.24) is 14.9 Å². The molecule has 1 aliphatic rings. The van der Waals surface area contributed by atoms with Gasteiger partial charge in [0, 0.05) is 17.8 Å². The number of hydrogen-bond donors (Lipinski definition) is 1. The fourth-order valence-corrected chi connectivity index (χ4v) is 3.37. The SMILES string of the molecule is C[S+](=O)([O-])c1ccc(-c2cc(C(=O)NC3CC3)nn3cccc23)cc1. The van der Waals surface area contributed by atoms with Gasteiger partial charge >= 0.3 is 0 Å². The van der Waals surface area contributed by atoms with Gasteiger partial charge in [0.2, 0.25) is 0 Å². The van der Waals surface area contributed by atoms with Crippen molar-refractivity contribution in [3.8, 4) is 11.1 Å². The second kappa shape index (κ2) is 5.79. The lowest BCUT2D eigenvalue weighted by Crippen LogP contribution is -2.26. The summed E-state index contributed by atoms with van der Waals surface area (Å²) in [4.78, 5) is 12.6. The number of nitrogens with zero attached hydrogens (tertiary/aromatic N) is 2. The van der Waals surface area contributed by atoms with E-state index in [0.29, 0.717) is 5.69 Å². The zero-order chi connectivity index (χ0) is 17.6. The first-order valence-corrected chi connectivity index (χ1v) is 9.91. The minimum absolute atomic E-state index is 0.188. The number of hydrogen-bond acceptors (Lipinski definition) is 4. The number of aromatic nitrogens is 2.